The Balaban J connectivity index is 3.89. The van der Waals surface area contributed by atoms with Gasteiger partial charge in [-0.1, -0.05) is 20.4 Å². The largest absolute Gasteiger partial charge is 0.461 e. The van der Waals surface area contributed by atoms with Crippen LogP contribution >= 0.6 is 0 Å². The van der Waals surface area contributed by atoms with E-state index >= 15 is 0 Å². The summed E-state index contributed by atoms with van der Waals surface area (Å²) in [6, 6.07) is 0. The quantitative estimate of drug-likeness (QED) is 0.556. The molecule has 0 bridgehead atoms. The molecule has 0 aliphatic carbocycles. The maximum atomic E-state index is 11.2. The van der Waals surface area contributed by atoms with E-state index < -0.39 is 12.1 Å². The zero-order chi connectivity index (χ0) is 11.8. The van der Waals surface area contributed by atoms with E-state index in [1.165, 1.54) is 0 Å². The summed E-state index contributed by atoms with van der Waals surface area (Å²) < 4.78 is 9.41. The van der Waals surface area contributed by atoms with Gasteiger partial charge in [-0.15, -0.1) is 0 Å². The maximum absolute atomic E-state index is 11.2. The number of carbonyl (C=O) groups excluding carboxylic acids is 2. The van der Waals surface area contributed by atoms with Crippen LogP contribution in [-0.4, -0.2) is 25.3 Å². The highest BCUT2D eigenvalue weighted by Crippen LogP contribution is 1.97. The lowest BCUT2D eigenvalue weighted by Crippen LogP contribution is -2.28. The molecule has 0 aliphatic rings. The molecule has 0 aliphatic heterocycles. The summed E-state index contributed by atoms with van der Waals surface area (Å²) in [5, 5.41) is 2.17. The fraction of sp³-hybridized carbons (Fsp3) is 0.600. The Hall–Kier alpha value is -1.52. The third-order valence-corrected chi connectivity index (χ3v) is 1.32. The lowest BCUT2D eigenvalue weighted by atomic mass is 10.2. The minimum atomic E-state index is -0.705. The molecule has 0 saturated carbocycles. The molecule has 0 aromatic carbocycles. The fourth-order valence-corrected chi connectivity index (χ4v) is 0.671. The average Bonchev–Trinajstić information content (AvgIpc) is 2.14. The Morgan fingerprint density at radius 2 is 1.93 bits per heavy atom. The molecule has 0 aromatic rings. The lowest BCUT2D eigenvalue weighted by molar-refractivity contribution is -0.140. The van der Waals surface area contributed by atoms with Crippen molar-refractivity contribution in [1.82, 2.24) is 5.32 Å². The van der Waals surface area contributed by atoms with Gasteiger partial charge < -0.3 is 9.47 Å². The molecular formula is C10H17NO4. The van der Waals surface area contributed by atoms with Crippen molar-refractivity contribution in [2.45, 2.75) is 20.8 Å². The van der Waals surface area contributed by atoms with E-state index in [4.69, 9.17) is 4.74 Å². The first kappa shape index (κ1) is 13.5. The third-order valence-electron chi connectivity index (χ3n) is 1.32. The Kier molecular flexibility index (Phi) is 6.17. The molecule has 5 nitrogen and oxygen atoms in total. The number of esters is 1. The zero-order valence-electron chi connectivity index (χ0n) is 9.33. The first-order valence-corrected chi connectivity index (χ1v) is 4.77. The van der Waals surface area contributed by atoms with Gasteiger partial charge in [0.2, 0.25) is 0 Å². The molecule has 0 radical (unpaired) electrons. The van der Waals surface area contributed by atoms with Crippen molar-refractivity contribution in [3.05, 3.63) is 12.3 Å². The minimum Gasteiger partial charge on any atom is -0.461 e. The van der Waals surface area contributed by atoms with Gasteiger partial charge in [0.25, 0.3) is 0 Å². The van der Waals surface area contributed by atoms with Gasteiger partial charge in [0.15, 0.2) is 0 Å². The van der Waals surface area contributed by atoms with Gasteiger partial charge in [0.05, 0.1) is 13.2 Å². The van der Waals surface area contributed by atoms with Gasteiger partial charge in [0, 0.05) is 0 Å². The van der Waals surface area contributed by atoms with Crippen molar-refractivity contribution in [2.75, 3.05) is 13.2 Å². The van der Waals surface area contributed by atoms with Crippen LogP contribution in [0.15, 0.2) is 12.3 Å². The third kappa shape index (κ3) is 6.54. The van der Waals surface area contributed by atoms with Crippen LogP contribution in [0.25, 0.3) is 0 Å². The summed E-state index contributed by atoms with van der Waals surface area (Å²) in [6.45, 7) is 9.39. The first-order valence-electron chi connectivity index (χ1n) is 4.77. The second kappa shape index (κ2) is 6.86. The Morgan fingerprint density at radius 1 is 1.33 bits per heavy atom. The van der Waals surface area contributed by atoms with Crippen molar-refractivity contribution in [2.24, 2.45) is 5.92 Å². The monoisotopic (exact) mass is 215 g/mol. The second-order valence-corrected chi connectivity index (χ2v) is 3.32. The standard InChI is InChI=1S/C10H17NO4/c1-5-14-10(13)11-8(4)9(12)15-6-7(2)3/h7H,4-6H2,1-3H3,(H,11,13). The summed E-state index contributed by atoms with van der Waals surface area (Å²) >= 11 is 0. The molecule has 0 aromatic heterocycles. The molecule has 5 heteroatoms. The number of alkyl carbamates (subject to hydrolysis) is 1. The van der Waals surface area contributed by atoms with Gasteiger partial charge in [-0.3, -0.25) is 5.32 Å². The van der Waals surface area contributed by atoms with E-state index in [2.05, 4.69) is 16.6 Å². The highest BCUT2D eigenvalue weighted by Gasteiger charge is 2.12. The average molecular weight is 215 g/mol. The minimum absolute atomic E-state index is 0.117. The molecule has 0 heterocycles. The topological polar surface area (TPSA) is 64.6 Å². The zero-order valence-corrected chi connectivity index (χ0v) is 9.33. The molecule has 1 N–H and O–H groups in total. The van der Waals surface area contributed by atoms with Crippen LogP contribution in [0.3, 0.4) is 0 Å². The summed E-state index contributed by atoms with van der Waals surface area (Å²) in [7, 11) is 0. The van der Waals surface area contributed by atoms with E-state index in [1.54, 1.807) is 6.92 Å². The second-order valence-electron chi connectivity index (χ2n) is 3.32. The van der Waals surface area contributed by atoms with Crippen LogP contribution in [-0.2, 0) is 14.3 Å². The van der Waals surface area contributed by atoms with Crippen molar-refractivity contribution in [1.29, 1.82) is 0 Å². The molecule has 0 fully saturated rings. The predicted molar refractivity (Wildman–Crippen MR) is 55.1 cm³/mol. The molecular weight excluding hydrogens is 198 g/mol. The predicted octanol–water partition coefficient (Wildman–Crippen LogP) is 1.45. The number of hydrogen-bond acceptors (Lipinski definition) is 4. The summed E-state index contributed by atoms with van der Waals surface area (Å²) in [5.41, 5.74) is -0.117. The van der Waals surface area contributed by atoms with E-state index in [0.717, 1.165) is 0 Å². The van der Waals surface area contributed by atoms with Crippen LogP contribution in [0.5, 0.6) is 0 Å². The fourth-order valence-electron chi connectivity index (χ4n) is 0.671. The lowest BCUT2D eigenvalue weighted by Gasteiger charge is -2.09. The van der Waals surface area contributed by atoms with Gasteiger partial charge in [0.1, 0.15) is 5.70 Å². The number of nitrogens with one attached hydrogen (secondary N) is 1. The number of hydrogen-bond donors (Lipinski definition) is 1. The molecule has 0 spiro atoms. The molecule has 1 amide bonds. The summed E-state index contributed by atoms with van der Waals surface area (Å²) in [5.74, 6) is -0.402. The van der Waals surface area contributed by atoms with Gasteiger partial charge in [-0.05, 0) is 12.8 Å². The molecule has 86 valence electrons. The Labute approximate surface area is 89.4 Å². The highest BCUT2D eigenvalue weighted by atomic mass is 16.6. The molecule has 15 heavy (non-hydrogen) atoms. The van der Waals surface area contributed by atoms with Crippen molar-refractivity contribution in [3.8, 4) is 0 Å². The molecule has 0 saturated heterocycles. The number of amides is 1. The van der Waals surface area contributed by atoms with Crippen molar-refractivity contribution < 1.29 is 19.1 Å². The number of rotatable bonds is 5. The maximum Gasteiger partial charge on any atom is 0.411 e. The molecule has 0 atom stereocenters. The van der Waals surface area contributed by atoms with E-state index in [9.17, 15) is 9.59 Å². The Bertz CT molecular complexity index is 248. The van der Waals surface area contributed by atoms with Crippen LogP contribution in [0.2, 0.25) is 0 Å². The van der Waals surface area contributed by atoms with E-state index in [-0.39, 0.29) is 18.2 Å². The van der Waals surface area contributed by atoms with Gasteiger partial charge in [-0.25, -0.2) is 9.59 Å². The van der Waals surface area contributed by atoms with Crippen molar-refractivity contribution >= 4 is 12.1 Å². The summed E-state index contributed by atoms with van der Waals surface area (Å²) in [6.07, 6.45) is -0.705. The van der Waals surface area contributed by atoms with E-state index in [0.29, 0.717) is 6.61 Å². The normalized spacial score (nSPS) is 9.60. The first-order chi connectivity index (χ1) is 6.97. The molecule has 0 rings (SSSR count). The molecule has 0 unspecified atom stereocenters. The number of carbonyl (C=O) groups is 2. The SMILES string of the molecule is C=C(NC(=O)OCC)C(=O)OCC(C)C. The van der Waals surface area contributed by atoms with Gasteiger partial charge in [-0.2, -0.15) is 0 Å². The van der Waals surface area contributed by atoms with Crippen LogP contribution in [0.1, 0.15) is 20.8 Å². The smallest absolute Gasteiger partial charge is 0.411 e. The van der Waals surface area contributed by atoms with Crippen LogP contribution in [0, 0.1) is 5.92 Å². The summed E-state index contributed by atoms with van der Waals surface area (Å²) in [4.78, 5) is 22.1. The number of ether oxygens (including phenoxy) is 2. The van der Waals surface area contributed by atoms with Crippen LogP contribution in [0.4, 0.5) is 4.79 Å². The highest BCUT2D eigenvalue weighted by molar-refractivity contribution is 5.91. The van der Waals surface area contributed by atoms with Crippen LogP contribution < -0.4 is 5.32 Å². The van der Waals surface area contributed by atoms with Crippen molar-refractivity contribution in [3.63, 3.8) is 0 Å². The van der Waals surface area contributed by atoms with Gasteiger partial charge >= 0.3 is 12.1 Å². The Morgan fingerprint density at radius 3 is 2.40 bits per heavy atom. The van der Waals surface area contributed by atoms with E-state index in [1.807, 2.05) is 13.8 Å².